The number of hydrogen-bond donors (Lipinski definition) is 0. The molecule has 0 saturated carbocycles. The maximum absolute atomic E-state index is 11.5. The van der Waals surface area contributed by atoms with Crippen molar-refractivity contribution in [3.8, 4) is 5.75 Å². The van der Waals surface area contributed by atoms with Gasteiger partial charge in [0, 0.05) is 32.1 Å². The predicted molar refractivity (Wildman–Crippen MR) is 61.1 cm³/mol. The molecule has 0 unspecified atom stereocenters. The number of ether oxygens (including phenoxy) is 2. The van der Waals surface area contributed by atoms with Gasteiger partial charge in [0.1, 0.15) is 5.75 Å². The van der Waals surface area contributed by atoms with E-state index in [4.69, 9.17) is 9.47 Å². The van der Waals surface area contributed by atoms with Crippen LogP contribution in [0.3, 0.4) is 0 Å². The molecule has 3 nitrogen and oxygen atoms in total. The van der Waals surface area contributed by atoms with Gasteiger partial charge >= 0.3 is 0 Å². The summed E-state index contributed by atoms with van der Waals surface area (Å²) in [6.45, 7) is 1.32. The number of methoxy groups -OCH3 is 1. The van der Waals surface area contributed by atoms with E-state index in [-0.39, 0.29) is 5.78 Å². The normalized spacial score (nSPS) is 13.9. The van der Waals surface area contributed by atoms with Crippen LogP contribution in [-0.4, -0.2) is 26.1 Å². The van der Waals surface area contributed by atoms with Gasteiger partial charge in [-0.1, -0.05) is 6.07 Å². The Hall–Kier alpha value is -1.35. The van der Waals surface area contributed by atoms with E-state index in [1.165, 1.54) is 0 Å². The first-order valence-corrected chi connectivity index (χ1v) is 5.59. The molecule has 2 rings (SSSR count). The molecule has 0 amide bonds. The number of rotatable bonds is 5. The Kier molecular flexibility index (Phi) is 3.57. The first kappa shape index (κ1) is 11.1. The highest BCUT2D eigenvalue weighted by molar-refractivity contribution is 6.00. The van der Waals surface area contributed by atoms with Gasteiger partial charge in [0.2, 0.25) is 0 Å². The lowest BCUT2D eigenvalue weighted by Crippen LogP contribution is -2.02. The van der Waals surface area contributed by atoms with Crippen LogP contribution >= 0.6 is 0 Å². The van der Waals surface area contributed by atoms with Crippen molar-refractivity contribution in [3.63, 3.8) is 0 Å². The summed E-state index contributed by atoms with van der Waals surface area (Å²) in [7, 11) is 1.67. The van der Waals surface area contributed by atoms with E-state index in [1.54, 1.807) is 7.11 Å². The fourth-order valence-electron chi connectivity index (χ4n) is 1.90. The van der Waals surface area contributed by atoms with Gasteiger partial charge in [-0.15, -0.1) is 0 Å². The third-order valence-electron chi connectivity index (χ3n) is 2.76. The van der Waals surface area contributed by atoms with Crippen LogP contribution in [0, 0.1) is 0 Å². The largest absolute Gasteiger partial charge is 0.493 e. The van der Waals surface area contributed by atoms with E-state index >= 15 is 0 Å². The topological polar surface area (TPSA) is 35.5 Å². The molecule has 3 heteroatoms. The second kappa shape index (κ2) is 5.12. The number of aryl methyl sites for hydroxylation is 1. The Morgan fingerprint density at radius 2 is 2.12 bits per heavy atom. The summed E-state index contributed by atoms with van der Waals surface area (Å²) in [5.74, 6) is 1.02. The minimum atomic E-state index is 0.234. The summed E-state index contributed by atoms with van der Waals surface area (Å²) in [5, 5.41) is 0. The van der Waals surface area contributed by atoms with Crippen molar-refractivity contribution in [2.75, 3.05) is 20.3 Å². The lowest BCUT2D eigenvalue weighted by atomic mass is 10.1. The monoisotopic (exact) mass is 220 g/mol. The van der Waals surface area contributed by atoms with Gasteiger partial charge in [0.25, 0.3) is 0 Å². The van der Waals surface area contributed by atoms with E-state index in [0.717, 1.165) is 29.7 Å². The molecule has 0 aliphatic heterocycles. The smallest absolute Gasteiger partial charge is 0.163 e. The van der Waals surface area contributed by atoms with Gasteiger partial charge in [-0.3, -0.25) is 4.79 Å². The second-order valence-electron chi connectivity index (χ2n) is 3.94. The van der Waals surface area contributed by atoms with Crippen LogP contribution in [0.15, 0.2) is 18.2 Å². The standard InChI is InChI=1S/C13H16O3/c1-15-7-2-8-16-11-5-3-10-4-6-13(14)12(10)9-11/h3,5,9H,2,4,6-8H2,1H3. The van der Waals surface area contributed by atoms with Gasteiger partial charge in [-0.2, -0.15) is 0 Å². The van der Waals surface area contributed by atoms with E-state index in [9.17, 15) is 4.79 Å². The minimum Gasteiger partial charge on any atom is -0.493 e. The Labute approximate surface area is 95.4 Å². The number of carbonyl (C=O) groups is 1. The molecule has 0 aromatic heterocycles. The second-order valence-corrected chi connectivity index (χ2v) is 3.94. The van der Waals surface area contributed by atoms with Crippen molar-refractivity contribution in [3.05, 3.63) is 29.3 Å². The van der Waals surface area contributed by atoms with Crippen molar-refractivity contribution in [1.29, 1.82) is 0 Å². The molecule has 1 aliphatic carbocycles. The highest BCUT2D eigenvalue weighted by Gasteiger charge is 2.19. The van der Waals surface area contributed by atoms with Gasteiger partial charge in [0.15, 0.2) is 5.78 Å². The van der Waals surface area contributed by atoms with Crippen molar-refractivity contribution in [2.24, 2.45) is 0 Å². The van der Waals surface area contributed by atoms with Crippen LogP contribution in [-0.2, 0) is 11.2 Å². The quantitative estimate of drug-likeness (QED) is 0.714. The maximum atomic E-state index is 11.5. The first-order chi connectivity index (χ1) is 7.81. The number of fused-ring (bicyclic) bond motifs is 1. The lowest BCUT2D eigenvalue weighted by Gasteiger charge is -2.07. The molecular weight excluding hydrogens is 204 g/mol. The molecule has 0 heterocycles. The zero-order chi connectivity index (χ0) is 11.4. The molecular formula is C13H16O3. The number of benzene rings is 1. The van der Waals surface area contributed by atoms with Gasteiger partial charge < -0.3 is 9.47 Å². The molecule has 0 fully saturated rings. The predicted octanol–water partition coefficient (Wildman–Crippen LogP) is 2.23. The molecule has 1 aliphatic rings. The summed E-state index contributed by atoms with van der Waals surface area (Å²) in [5.41, 5.74) is 1.98. The zero-order valence-corrected chi connectivity index (χ0v) is 9.49. The molecule has 86 valence electrons. The molecule has 0 saturated heterocycles. The van der Waals surface area contributed by atoms with Crippen LogP contribution in [0.1, 0.15) is 28.8 Å². The minimum absolute atomic E-state index is 0.234. The molecule has 0 atom stereocenters. The molecule has 0 bridgehead atoms. The van der Waals surface area contributed by atoms with Gasteiger partial charge in [-0.05, 0) is 24.1 Å². The van der Waals surface area contributed by atoms with E-state index in [1.807, 2.05) is 18.2 Å². The SMILES string of the molecule is COCCCOc1ccc2c(c1)C(=O)CC2. The summed E-state index contributed by atoms with van der Waals surface area (Å²) in [4.78, 5) is 11.5. The Balaban J connectivity index is 1.96. The summed E-state index contributed by atoms with van der Waals surface area (Å²) < 4.78 is 10.5. The fourth-order valence-corrected chi connectivity index (χ4v) is 1.90. The van der Waals surface area contributed by atoms with Crippen LogP contribution in [0.4, 0.5) is 0 Å². The molecule has 0 spiro atoms. The van der Waals surface area contributed by atoms with Gasteiger partial charge in [-0.25, -0.2) is 0 Å². The zero-order valence-electron chi connectivity index (χ0n) is 9.49. The molecule has 1 aromatic carbocycles. The van der Waals surface area contributed by atoms with E-state index < -0.39 is 0 Å². The third kappa shape index (κ3) is 2.42. The van der Waals surface area contributed by atoms with Crippen molar-refractivity contribution in [2.45, 2.75) is 19.3 Å². The fraction of sp³-hybridized carbons (Fsp3) is 0.462. The van der Waals surface area contributed by atoms with Crippen LogP contribution in [0.5, 0.6) is 5.75 Å². The Morgan fingerprint density at radius 1 is 1.25 bits per heavy atom. The average Bonchev–Trinajstić information content (AvgIpc) is 2.67. The molecule has 1 aromatic rings. The van der Waals surface area contributed by atoms with E-state index in [0.29, 0.717) is 19.6 Å². The Bertz CT molecular complexity index is 385. The van der Waals surface area contributed by atoms with Crippen molar-refractivity contribution >= 4 is 5.78 Å². The maximum Gasteiger partial charge on any atom is 0.163 e. The first-order valence-electron chi connectivity index (χ1n) is 5.59. The number of carbonyl (C=O) groups excluding carboxylic acids is 1. The average molecular weight is 220 g/mol. The van der Waals surface area contributed by atoms with Crippen LogP contribution < -0.4 is 4.74 Å². The summed E-state index contributed by atoms with van der Waals surface area (Å²) in [6.07, 6.45) is 2.38. The molecule has 0 N–H and O–H groups in total. The van der Waals surface area contributed by atoms with Crippen LogP contribution in [0.25, 0.3) is 0 Å². The molecule has 0 radical (unpaired) electrons. The van der Waals surface area contributed by atoms with E-state index in [2.05, 4.69) is 0 Å². The van der Waals surface area contributed by atoms with Crippen molar-refractivity contribution < 1.29 is 14.3 Å². The number of ketones is 1. The van der Waals surface area contributed by atoms with Crippen LogP contribution in [0.2, 0.25) is 0 Å². The Morgan fingerprint density at radius 3 is 2.94 bits per heavy atom. The molecule has 16 heavy (non-hydrogen) atoms. The lowest BCUT2D eigenvalue weighted by molar-refractivity contribution is 0.0994. The summed E-state index contributed by atoms with van der Waals surface area (Å²) >= 11 is 0. The number of hydrogen-bond acceptors (Lipinski definition) is 3. The van der Waals surface area contributed by atoms with Crippen molar-refractivity contribution in [1.82, 2.24) is 0 Å². The number of Topliss-reactive ketones (excluding diaryl/α,β-unsaturated/α-hetero) is 1. The highest BCUT2D eigenvalue weighted by Crippen LogP contribution is 2.26. The third-order valence-corrected chi connectivity index (χ3v) is 2.76. The van der Waals surface area contributed by atoms with Gasteiger partial charge in [0.05, 0.1) is 6.61 Å². The summed E-state index contributed by atoms with van der Waals surface area (Å²) in [6, 6.07) is 5.79. The highest BCUT2D eigenvalue weighted by atomic mass is 16.5.